The molecule has 0 saturated heterocycles. The topological polar surface area (TPSA) is 34.1 Å². The summed E-state index contributed by atoms with van der Waals surface area (Å²) in [6.07, 6.45) is 3.88. The Morgan fingerprint density at radius 3 is 2.79 bits per heavy atom. The number of hydrogen-bond acceptors (Lipinski definition) is 2. The number of hydrogen-bond donors (Lipinski definition) is 0. The highest BCUT2D eigenvalue weighted by Crippen LogP contribution is 2.28. The molecule has 0 amide bonds. The maximum Gasteiger partial charge on any atom is 0.170 e. The fraction of sp³-hybridized carbons (Fsp3) is 0.0909. The van der Waals surface area contributed by atoms with Gasteiger partial charge in [-0.2, -0.15) is 0 Å². The van der Waals surface area contributed by atoms with Crippen LogP contribution in [0.5, 0.6) is 0 Å². The lowest BCUT2D eigenvalue weighted by Crippen LogP contribution is -2.15. The van der Waals surface area contributed by atoms with Gasteiger partial charge in [-0.15, -0.1) is 0 Å². The van der Waals surface area contributed by atoms with Crippen molar-refractivity contribution in [3.05, 3.63) is 39.9 Å². The van der Waals surface area contributed by atoms with E-state index in [2.05, 4.69) is 15.9 Å². The molecule has 1 aliphatic rings. The summed E-state index contributed by atoms with van der Waals surface area (Å²) in [5, 5.41) is 0. The van der Waals surface area contributed by atoms with Gasteiger partial charge in [-0.05, 0) is 29.3 Å². The van der Waals surface area contributed by atoms with Crippen LogP contribution in [-0.2, 0) is 9.59 Å². The van der Waals surface area contributed by atoms with Crippen LogP contribution in [0.2, 0.25) is 0 Å². The second-order valence-corrected chi connectivity index (χ2v) is 4.04. The molecule has 3 heteroatoms. The number of rotatable bonds is 1. The second kappa shape index (κ2) is 3.50. The van der Waals surface area contributed by atoms with E-state index in [0.717, 1.165) is 15.6 Å². The van der Waals surface area contributed by atoms with Crippen LogP contribution in [0.3, 0.4) is 0 Å². The van der Waals surface area contributed by atoms with Gasteiger partial charge >= 0.3 is 0 Å². The zero-order valence-electron chi connectivity index (χ0n) is 7.24. The number of halogens is 1. The molecular formula is C11H7BrO2. The first kappa shape index (κ1) is 9.34. The molecule has 0 aromatic heterocycles. The summed E-state index contributed by atoms with van der Waals surface area (Å²) in [6.45, 7) is 0. The van der Waals surface area contributed by atoms with Crippen LogP contribution >= 0.6 is 15.9 Å². The third kappa shape index (κ3) is 1.44. The normalized spacial score (nSPS) is 19.2. The van der Waals surface area contributed by atoms with Crippen molar-refractivity contribution in [2.75, 3.05) is 0 Å². The van der Waals surface area contributed by atoms with Gasteiger partial charge in [-0.1, -0.05) is 28.1 Å². The first-order valence-electron chi connectivity index (χ1n) is 4.19. The Morgan fingerprint density at radius 1 is 1.29 bits per heavy atom. The van der Waals surface area contributed by atoms with E-state index < -0.39 is 5.92 Å². The van der Waals surface area contributed by atoms with Gasteiger partial charge in [0.15, 0.2) is 5.78 Å². The van der Waals surface area contributed by atoms with E-state index in [1.807, 2.05) is 12.1 Å². The largest absolute Gasteiger partial charge is 0.302 e. The van der Waals surface area contributed by atoms with Crippen molar-refractivity contribution in [2.45, 2.75) is 5.92 Å². The van der Waals surface area contributed by atoms with E-state index in [1.54, 1.807) is 12.1 Å². The Hall–Kier alpha value is -1.22. The Balaban J connectivity index is 2.60. The van der Waals surface area contributed by atoms with Crippen molar-refractivity contribution in [3.8, 4) is 0 Å². The number of fused-ring (bicyclic) bond motifs is 1. The average molecular weight is 251 g/mol. The van der Waals surface area contributed by atoms with Gasteiger partial charge in [0.1, 0.15) is 12.2 Å². The molecule has 0 N–H and O–H groups in total. The molecule has 1 aliphatic carbocycles. The third-order valence-electron chi connectivity index (χ3n) is 2.25. The molecule has 1 unspecified atom stereocenters. The van der Waals surface area contributed by atoms with E-state index in [0.29, 0.717) is 6.29 Å². The minimum absolute atomic E-state index is 0.144. The van der Waals surface area contributed by atoms with Crippen molar-refractivity contribution in [1.82, 2.24) is 0 Å². The summed E-state index contributed by atoms with van der Waals surface area (Å²) in [5.41, 5.74) is 1.71. The fourth-order valence-electron chi connectivity index (χ4n) is 1.54. The van der Waals surface area contributed by atoms with Gasteiger partial charge in [-0.25, -0.2) is 0 Å². The highest BCUT2D eigenvalue weighted by molar-refractivity contribution is 9.10. The predicted molar refractivity (Wildman–Crippen MR) is 57.0 cm³/mol. The van der Waals surface area contributed by atoms with E-state index >= 15 is 0 Å². The number of allylic oxidation sites excluding steroid dienone is 1. The number of benzene rings is 1. The molecule has 0 bridgehead atoms. The molecule has 2 nitrogen and oxygen atoms in total. The summed E-state index contributed by atoms with van der Waals surface area (Å²) in [5.74, 6) is -0.766. The lowest BCUT2D eigenvalue weighted by molar-refractivity contribution is -0.120. The Labute approximate surface area is 89.8 Å². The highest BCUT2D eigenvalue weighted by atomic mass is 79.9. The lowest BCUT2D eigenvalue weighted by Gasteiger charge is -2.15. The van der Waals surface area contributed by atoms with Crippen LogP contribution in [0.25, 0.3) is 6.08 Å². The molecule has 0 aliphatic heterocycles. The van der Waals surface area contributed by atoms with E-state index in [4.69, 9.17) is 0 Å². The smallest absolute Gasteiger partial charge is 0.170 e. The van der Waals surface area contributed by atoms with Crippen LogP contribution < -0.4 is 0 Å². The zero-order valence-corrected chi connectivity index (χ0v) is 8.82. The van der Waals surface area contributed by atoms with Gasteiger partial charge in [0, 0.05) is 4.47 Å². The van der Waals surface area contributed by atoms with Gasteiger partial charge in [0.05, 0.1) is 0 Å². The monoisotopic (exact) mass is 250 g/mol. The van der Waals surface area contributed by atoms with Crippen molar-refractivity contribution in [2.24, 2.45) is 0 Å². The molecule has 14 heavy (non-hydrogen) atoms. The third-order valence-corrected chi connectivity index (χ3v) is 2.75. The van der Waals surface area contributed by atoms with Gasteiger partial charge in [0.25, 0.3) is 0 Å². The highest BCUT2D eigenvalue weighted by Gasteiger charge is 2.23. The summed E-state index contributed by atoms with van der Waals surface area (Å²) in [6, 6.07) is 5.54. The first-order chi connectivity index (χ1) is 6.72. The summed E-state index contributed by atoms with van der Waals surface area (Å²) in [4.78, 5) is 22.1. The van der Waals surface area contributed by atoms with Crippen molar-refractivity contribution in [3.63, 3.8) is 0 Å². The molecule has 1 aromatic rings. The second-order valence-electron chi connectivity index (χ2n) is 3.12. The molecule has 0 fully saturated rings. The summed E-state index contributed by atoms with van der Waals surface area (Å²) < 4.78 is 0.944. The molecule has 0 radical (unpaired) electrons. The minimum atomic E-state index is -0.622. The van der Waals surface area contributed by atoms with E-state index in [1.165, 1.54) is 6.08 Å². The summed E-state index contributed by atoms with van der Waals surface area (Å²) in [7, 11) is 0. The van der Waals surface area contributed by atoms with Crippen molar-refractivity contribution >= 4 is 34.1 Å². The van der Waals surface area contributed by atoms with E-state index in [-0.39, 0.29) is 5.78 Å². The Bertz CT molecular complexity index is 435. The number of carbonyl (C=O) groups excluding carboxylic acids is 2. The molecule has 0 spiro atoms. The number of carbonyl (C=O) groups is 2. The number of aldehydes is 1. The van der Waals surface area contributed by atoms with Gasteiger partial charge < -0.3 is 4.79 Å². The molecule has 0 heterocycles. The Morgan fingerprint density at radius 2 is 2.07 bits per heavy atom. The maximum atomic E-state index is 11.3. The van der Waals surface area contributed by atoms with Gasteiger partial charge in [0.2, 0.25) is 0 Å². The molecule has 70 valence electrons. The standard InChI is InChI=1S/C11H7BrO2/c12-8-2-3-9-7(5-8)1-4-11(14)10(9)6-13/h1-6,10H. The van der Waals surface area contributed by atoms with Gasteiger partial charge in [-0.3, -0.25) is 4.79 Å². The van der Waals surface area contributed by atoms with E-state index in [9.17, 15) is 9.59 Å². The number of ketones is 1. The fourth-order valence-corrected chi connectivity index (χ4v) is 1.92. The van der Waals surface area contributed by atoms with Crippen LogP contribution in [0.1, 0.15) is 17.0 Å². The zero-order chi connectivity index (χ0) is 10.1. The van der Waals surface area contributed by atoms with Crippen LogP contribution in [-0.4, -0.2) is 12.1 Å². The Kier molecular flexibility index (Phi) is 2.33. The average Bonchev–Trinajstić information content (AvgIpc) is 2.18. The van der Waals surface area contributed by atoms with Crippen LogP contribution in [0, 0.1) is 0 Å². The molecule has 2 rings (SSSR count). The molecular weight excluding hydrogens is 244 g/mol. The predicted octanol–water partition coefficient (Wildman–Crippen LogP) is 2.33. The molecule has 1 atom stereocenters. The van der Waals surface area contributed by atoms with Crippen LogP contribution in [0.15, 0.2) is 28.7 Å². The maximum absolute atomic E-state index is 11.3. The lowest BCUT2D eigenvalue weighted by atomic mass is 9.87. The molecule has 1 aromatic carbocycles. The molecule has 0 saturated carbocycles. The summed E-state index contributed by atoms with van der Waals surface area (Å²) >= 11 is 3.34. The SMILES string of the molecule is O=CC1C(=O)C=Cc2cc(Br)ccc21. The van der Waals surface area contributed by atoms with Crippen molar-refractivity contribution in [1.29, 1.82) is 0 Å². The minimum Gasteiger partial charge on any atom is -0.302 e. The van der Waals surface area contributed by atoms with Crippen molar-refractivity contribution < 1.29 is 9.59 Å². The first-order valence-corrected chi connectivity index (χ1v) is 4.98. The quantitative estimate of drug-likeness (QED) is 0.567. The van der Waals surface area contributed by atoms with Crippen LogP contribution in [0.4, 0.5) is 0 Å².